The number of amides is 1. The zero-order valence-electron chi connectivity index (χ0n) is 15.9. The average Bonchev–Trinajstić information content (AvgIpc) is 3.13. The van der Waals surface area contributed by atoms with Crippen LogP contribution in [0.2, 0.25) is 0 Å². The number of esters is 1. The van der Waals surface area contributed by atoms with E-state index in [1.165, 1.54) is 24.6 Å². The predicted octanol–water partition coefficient (Wildman–Crippen LogP) is 4.63. The maximum absolute atomic E-state index is 13.7. The SMILES string of the molecule is CCCCOC(=O)[C@@H]1CS[C@@H](C2CCCCC2)N1C(=O)c1cccc(F)c1. The van der Waals surface area contributed by atoms with Gasteiger partial charge in [0.1, 0.15) is 11.9 Å². The molecule has 4 nitrogen and oxygen atoms in total. The molecule has 6 heteroatoms. The second-order valence-corrected chi connectivity index (χ2v) is 8.53. The molecule has 1 aromatic carbocycles. The summed E-state index contributed by atoms with van der Waals surface area (Å²) in [5.41, 5.74) is 0.296. The van der Waals surface area contributed by atoms with Crippen LogP contribution in [0.25, 0.3) is 0 Å². The van der Waals surface area contributed by atoms with Crippen LogP contribution in [0.1, 0.15) is 62.2 Å². The van der Waals surface area contributed by atoms with Gasteiger partial charge in [0.25, 0.3) is 5.91 Å². The third kappa shape index (κ3) is 4.84. The van der Waals surface area contributed by atoms with Gasteiger partial charge in [-0.1, -0.05) is 38.7 Å². The lowest BCUT2D eigenvalue weighted by atomic mass is 9.88. The number of benzene rings is 1. The molecule has 0 spiro atoms. The van der Waals surface area contributed by atoms with E-state index in [-0.39, 0.29) is 17.3 Å². The highest BCUT2D eigenvalue weighted by molar-refractivity contribution is 8.00. The minimum atomic E-state index is -0.588. The van der Waals surface area contributed by atoms with Crippen LogP contribution >= 0.6 is 11.8 Å². The molecule has 0 radical (unpaired) electrons. The monoisotopic (exact) mass is 393 g/mol. The fraction of sp³-hybridized carbons (Fsp3) is 0.619. The standard InChI is InChI=1S/C21H28FNO3S/c1-2-3-12-26-21(25)18-14-27-20(15-8-5-4-6-9-15)23(18)19(24)16-10-7-11-17(22)13-16/h7,10-11,13,15,18,20H,2-6,8-9,12,14H2,1H3/t18-,20-/m0/s1. The normalized spacial score (nSPS) is 23.4. The molecule has 1 aliphatic heterocycles. The Morgan fingerprint density at radius 1 is 1.26 bits per heavy atom. The highest BCUT2D eigenvalue weighted by Crippen LogP contribution is 2.41. The van der Waals surface area contributed by atoms with Crippen molar-refractivity contribution in [3.05, 3.63) is 35.6 Å². The van der Waals surface area contributed by atoms with E-state index in [1.807, 2.05) is 6.92 Å². The van der Waals surface area contributed by atoms with E-state index in [2.05, 4.69) is 0 Å². The second kappa shape index (κ2) is 9.58. The molecule has 2 atom stereocenters. The van der Waals surface area contributed by atoms with E-state index < -0.39 is 11.9 Å². The number of hydrogen-bond acceptors (Lipinski definition) is 4. The summed E-state index contributed by atoms with van der Waals surface area (Å²) >= 11 is 1.67. The molecule has 3 rings (SSSR count). The summed E-state index contributed by atoms with van der Waals surface area (Å²) < 4.78 is 19.1. The number of unbranched alkanes of at least 4 members (excludes halogenated alkanes) is 1. The second-order valence-electron chi connectivity index (χ2n) is 7.38. The van der Waals surface area contributed by atoms with E-state index in [1.54, 1.807) is 22.7 Å². The minimum Gasteiger partial charge on any atom is -0.464 e. The molecule has 148 valence electrons. The first-order chi connectivity index (χ1) is 13.1. The molecule has 0 aromatic heterocycles. The smallest absolute Gasteiger partial charge is 0.329 e. The van der Waals surface area contributed by atoms with E-state index in [0.717, 1.165) is 38.5 Å². The van der Waals surface area contributed by atoms with Gasteiger partial charge in [-0.05, 0) is 43.4 Å². The Kier molecular flexibility index (Phi) is 7.16. The molecule has 1 saturated heterocycles. The third-order valence-electron chi connectivity index (χ3n) is 5.41. The lowest BCUT2D eigenvalue weighted by molar-refractivity contribution is -0.148. The first-order valence-corrected chi connectivity index (χ1v) is 11.0. The Morgan fingerprint density at radius 2 is 2.04 bits per heavy atom. The highest BCUT2D eigenvalue weighted by atomic mass is 32.2. The van der Waals surface area contributed by atoms with Gasteiger partial charge in [0.15, 0.2) is 0 Å². The van der Waals surface area contributed by atoms with Crippen molar-refractivity contribution in [3.63, 3.8) is 0 Å². The molecule has 1 aliphatic carbocycles. The number of ether oxygens (including phenoxy) is 1. The fourth-order valence-electron chi connectivity index (χ4n) is 3.93. The van der Waals surface area contributed by atoms with Gasteiger partial charge in [0, 0.05) is 11.3 Å². The van der Waals surface area contributed by atoms with Crippen LogP contribution in [0.5, 0.6) is 0 Å². The number of thioether (sulfide) groups is 1. The topological polar surface area (TPSA) is 46.6 Å². The molecule has 27 heavy (non-hydrogen) atoms. The van der Waals surface area contributed by atoms with Crippen LogP contribution in [0.15, 0.2) is 24.3 Å². The van der Waals surface area contributed by atoms with Crippen molar-refractivity contribution in [2.45, 2.75) is 63.3 Å². The lowest BCUT2D eigenvalue weighted by Gasteiger charge is -2.35. The molecular formula is C21H28FNO3S. The fourth-order valence-corrected chi connectivity index (χ4v) is 5.56. The van der Waals surface area contributed by atoms with E-state index in [9.17, 15) is 14.0 Å². The number of carbonyl (C=O) groups is 2. The third-order valence-corrected chi connectivity index (χ3v) is 6.87. The van der Waals surface area contributed by atoms with Crippen LogP contribution in [0.3, 0.4) is 0 Å². The Balaban J connectivity index is 1.82. The summed E-state index contributed by atoms with van der Waals surface area (Å²) in [5, 5.41) is -0.0372. The maximum atomic E-state index is 13.7. The molecule has 1 amide bonds. The summed E-state index contributed by atoms with van der Waals surface area (Å²) in [6, 6.07) is 5.14. The van der Waals surface area contributed by atoms with E-state index >= 15 is 0 Å². The summed E-state index contributed by atoms with van der Waals surface area (Å²) in [6.45, 7) is 2.42. The van der Waals surface area contributed by atoms with Gasteiger partial charge in [-0.2, -0.15) is 0 Å². The van der Waals surface area contributed by atoms with Gasteiger partial charge in [-0.15, -0.1) is 11.8 Å². The van der Waals surface area contributed by atoms with Gasteiger partial charge in [-0.3, -0.25) is 4.79 Å². The molecule has 1 saturated carbocycles. The zero-order valence-corrected chi connectivity index (χ0v) is 16.7. The molecular weight excluding hydrogens is 365 g/mol. The Bertz CT molecular complexity index is 663. The van der Waals surface area contributed by atoms with Crippen LogP contribution < -0.4 is 0 Å². The van der Waals surface area contributed by atoms with Gasteiger partial charge in [0.05, 0.1) is 12.0 Å². The average molecular weight is 394 g/mol. The van der Waals surface area contributed by atoms with Crippen LogP contribution in [0, 0.1) is 11.7 Å². The molecule has 0 unspecified atom stereocenters. The molecule has 1 aromatic rings. The first-order valence-electron chi connectivity index (χ1n) is 9.98. The minimum absolute atomic E-state index is 0.0372. The van der Waals surface area contributed by atoms with Crippen molar-refractivity contribution in [2.75, 3.05) is 12.4 Å². The van der Waals surface area contributed by atoms with Gasteiger partial charge < -0.3 is 9.64 Å². The van der Waals surface area contributed by atoms with Crippen molar-refractivity contribution < 1.29 is 18.7 Å². The predicted molar refractivity (Wildman–Crippen MR) is 105 cm³/mol. The largest absolute Gasteiger partial charge is 0.464 e. The summed E-state index contributed by atoms with van der Waals surface area (Å²) in [7, 11) is 0. The summed E-state index contributed by atoms with van der Waals surface area (Å²) in [5.74, 6) is -0.113. The highest BCUT2D eigenvalue weighted by Gasteiger charge is 2.45. The maximum Gasteiger partial charge on any atom is 0.329 e. The Morgan fingerprint density at radius 3 is 2.74 bits per heavy atom. The lowest BCUT2D eigenvalue weighted by Crippen LogP contribution is -2.48. The van der Waals surface area contributed by atoms with Gasteiger partial charge in [0.2, 0.25) is 0 Å². The number of halogens is 1. The van der Waals surface area contributed by atoms with Crippen LogP contribution in [0.4, 0.5) is 4.39 Å². The van der Waals surface area contributed by atoms with Gasteiger partial charge in [-0.25, -0.2) is 9.18 Å². The Hall–Kier alpha value is -1.56. The van der Waals surface area contributed by atoms with Crippen molar-refractivity contribution in [2.24, 2.45) is 5.92 Å². The zero-order chi connectivity index (χ0) is 19.2. The van der Waals surface area contributed by atoms with Crippen molar-refractivity contribution >= 4 is 23.6 Å². The van der Waals surface area contributed by atoms with Crippen molar-refractivity contribution in [1.82, 2.24) is 4.90 Å². The molecule has 1 heterocycles. The van der Waals surface area contributed by atoms with E-state index in [4.69, 9.17) is 4.74 Å². The molecule has 2 fully saturated rings. The quantitative estimate of drug-likeness (QED) is 0.522. The summed E-state index contributed by atoms with van der Waals surface area (Å²) in [4.78, 5) is 27.6. The number of nitrogens with zero attached hydrogens (tertiary/aromatic N) is 1. The number of hydrogen-bond donors (Lipinski definition) is 0. The van der Waals surface area contributed by atoms with E-state index in [0.29, 0.717) is 23.8 Å². The van der Waals surface area contributed by atoms with Crippen LogP contribution in [-0.4, -0.2) is 40.6 Å². The van der Waals surface area contributed by atoms with Crippen molar-refractivity contribution in [1.29, 1.82) is 0 Å². The Labute approximate surface area is 164 Å². The summed E-state index contributed by atoms with van der Waals surface area (Å²) in [6.07, 6.45) is 7.46. The first kappa shape index (κ1) is 20.2. The van der Waals surface area contributed by atoms with Crippen molar-refractivity contribution in [3.8, 4) is 0 Å². The molecule has 0 bridgehead atoms. The number of carbonyl (C=O) groups excluding carboxylic acids is 2. The molecule has 0 N–H and O–H groups in total. The number of rotatable bonds is 6. The van der Waals surface area contributed by atoms with Crippen LogP contribution in [-0.2, 0) is 9.53 Å². The van der Waals surface area contributed by atoms with Gasteiger partial charge >= 0.3 is 5.97 Å². The molecule has 2 aliphatic rings.